The van der Waals surface area contributed by atoms with E-state index in [1.54, 1.807) is 18.2 Å². The Kier molecular flexibility index (Phi) is 5.90. The van der Waals surface area contributed by atoms with E-state index in [2.05, 4.69) is 21.2 Å². The van der Waals surface area contributed by atoms with Crippen molar-refractivity contribution in [2.75, 3.05) is 22.4 Å². The molecule has 0 atom stereocenters. The number of benzene rings is 2. The molecule has 0 aliphatic rings. The van der Waals surface area contributed by atoms with Gasteiger partial charge in [0.05, 0.1) is 11.9 Å². The lowest BCUT2D eigenvalue weighted by Gasteiger charge is -2.22. The number of nitrogens with one attached hydrogen (secondary N) is 1. The molecule has 134 valence electrons. The number of sulfonamides is 1. The molecule has 0 unspecified atom stereocenters. The van der Waals surface area contributed by atoms with Gasteiger partial charge in [-0.15, -0.1) is 0 Å². The van der Waals surface area contributed by atoms with E-state index in [4.69, 9.17) is 0 Å². The van der Waals surface area contributed by atoms with Crippen molar-refractivity contribution in [2.45, 2.75) is 20.8 Å². The zero-order valence-electron chi connectivity index (χ0n) is 14.6. The predicted octanol–water partition coefficient (Wildman–Crippen LogP) is 3.78. The molecular formula is C18H21BrN2O3S. The Hall–Kier alpha value is -1.86. The van der Waals surface area contributed by atoms with Gasteiger partial charge in [-0.2, -0.15) is 0 Å². The molecule has 1 amide bonds. The molecule has 0 heterocycles. The minimum absolute atomic E-state index is 0.281. The lowest BCUT2D eigenvalue weighted by Crippen LogP contribution is -2.37. The third-order valence-corrected chi connectivity index (χ3v) is 5.94. The fourth-order valence-electron chi connectivity index (χ4n) is 2.33. The number of anilines is 2. The highest BCUT2D eigenvalue weighted by molar-refractivity contribution is 9.10. The van der Waals surface area contributed by atoms with Crippen LogP contribution in [0.2, 0.25) is 0 Å². The van der Waals surface area contributed by atoms with Crippen LogP contribution >= 0.6 is 15.9 Å². The number of hydrogen-bond acceptors (Lipinski definition) is 3. The molecule has 25 heavy (non-hydrogen) atoms. The van der Waals surface area contributed by atoms with Gasteiger partial charge in [0, 0.05) is 10.2 Å². The Morgan fingerprint density at radius 3 is 2.28 bits per heavy atom. The van der Waals surface area contributed by atoms with Gasteiger partial charge in [-0.3, -0.25) is 9.10 Å². The lowest BCUT2D eigenvalue weighted by molar-refractivity contribution is -0.114. The molecule has 2 rings (SSSR count). The normalized spacial score (nSPS) is 11.2. The van der Waals surface area contributed by atoms with Crippen molar-refractivity contribution >= 4 is 43.2 Å². The lowest BCUT2D eigenvalue weighted by atomic mass is 10.1. The molecule has 0 saturated heterocycles. The van der Waals surface area contributed by atoms with Gasteiger partial charge >= 0.3 is 0 Å². The topological polar surface area (TPSA) is 66.5 Å². The molecule has 0 aliphatic heterocycles. The molecule has 0 spiro atoms. The van der Waals surface area contributed by atoms with E-state index in [0.717, 1.165) is 31.7 Å². The van der Waals surface area contributed by atoms with Crippen LogP contribution in [0.4, 0.5) is 11.4 Å². The average molecular weight is 425 g/mol. The molecule has 0 radical (unpaired) electrons. The number of rotatable bonds is 5. The predicted molar refractivity (Wildman–Crippen MR) is 106 cm³/mol. The summed E-state index contributed by atoms with van der Waals surface area (Å²) in [6.07, 6.45) is 1.10. The van der Waals surface area contributed by atoms with E-state index in [-0.39, 0.29) is 6.54 Å². The van der Waals surface area contributed by atoms with Gasteiger partial charge in [-0.25, -0.2) is 8.42 Å². The van der Waals surface area contributed by atoms with Crippen LogP contribution in [-0.4, -0.2) is 27.1 Å². The molecule has 0 saturated carbocycles. The Labute approximate surface area is 157 Å². The van der Waals surface area contributed by atoms with Crippen LogP contribution in [-0.2, 0) is 14.8 Å². The number of aryl methyl sites for hydroxylation is 3. The van der Waals surface area contributed by atoms with Gasteiger partial charge in [0.2, 0.25) is 15.9 Å². The molecule has 0 aromatic heterocycles. The number of halogens is 1. The summed E-state index contributed by atoms with van der Waals surface area (Å²) in [4.78, 5) is 12.4. The highest BCUT2D eigenvalue weighted by atomic mass is 79.9. The van der Waals surface area contributed by atoms with Crippen molar-refractivity contribution in [2.24, 2.45) is 0 Å². The third-order valence-electron chi connectivity index (χ3n) is 3.91. The van der Waals surface area contributed by atoms with E-state index >= 15 is 0 Å². The Morgan fingerprint density at radius 2 is 1.72 bits per heavy atom. The number of carbonyl (C=O) groups excluding carboxylic acids is 1. The molecule has 7 heteroatoms. The highest BCUT2D eigenvalue weighted by Gasteiger charge is 2.21. The molecule has 2 aromatic rings. The summed E-state index contributed by atoms with van der Waals surface area (Å²) >= 11 is 3.40. The van der Waals surface area contributed by atoms with Gasteiger partial charge in [-0.05, 0) is 67.8 Å². The van der Waals surface area contributed by atoms with Crippen LogP contribution in [0, 0.1) is 20.8 Å². The zero-order chi connectivity index (χ0) is 18.8. The number of hydrogen-bond donors (Lipinski definition) is 1. The number of amides is 1. The third kappa shape index (κ3) is 5.06. The molecule has 5 nitrogen and oxygen atoms in total. The van der Waals surface area contributed by atoms with Crippen LogP contribution < -0.4 is 9.62 Å². The van der Waals surface area contributed by atoms with Crippen LogP contribution in [0.3, 0.4) is 0 Å². The van der Waals surface area contributed by atoms with Gasteiger partial charge in [0.1, 0.15) is 6.54 Å². The maximum Gasteiger partial charge on any atom is 0.245 e. The van der Waals surface area contributed by atoms with E-state index in [9.17, 15) is 13.2 Å². The Morgan fingerprint density at radius 1 is 1.04 bits per heavy atom. The summed E-state index contributed by atoms with van der Waals surface area (Å²) in [5, 5.41) is 2.74. The fraction of sp³-hybridized carbons (Fsp3) is 0.278. The monoisotopic (exact) mass is 424 g/mol. The Bertz CT molecular complexity index is 911. The summed E-state index contributed by atoms with van der Waals surface area (Å²) in [6.45, 7) is 5.49. The van der Waals surface area contributed by atoms with E-state index in [1.807, 2.05) is 39.0 Å². The molecule has 0 bridgehead atoms. The van der Waals surface area contributed by atoms with E-state index in [0.29, 0.717) is 11.4 Å². The second-order valence-corrected chi connectivity index (χ2v) is 8.81. The van der Waals surface area contributed by atoms with Gasteiger partial charge < -0.3 is 5.32 Å². The molecule has 1 N–H and O–H groups in total. The summed E-state index contributed by atoms with van der Waals surface area (Å²) in [5.74, 6) is -0.398. The van der Waals surface area contributed by atoms with Gasteiger partial charge in [0.15, 0.2) is 0 Å². The largest absolute Gasteiger partial charge is 0.325 e. The van der Waals surface area contributed by atoms with Crippen molar-refractivity contribution in [3.63, 3.8) is 0 Å². The maximum absolute atomic E-state index is 12.4. The minimum Gasteiger partial charge on any atom is -0.325 e. The van der Waals surface area contributed by atoms with Crippen molar-refractivity contribution < 1.29 is 13.2 Å². The fourth-order valence-corrected chi connectivity index (χ4v) is 3.43. The second-order valence-electron chi connectivity index (χ2n) is 6.05. The first kappa shape index (κ1) is 19.5. The van der Waals surface area contributed by atoms with Gasteiger partial charge in [-0.1, -0.05) is 22.0 Å². The van der Waals surface area contributed by atoms with Crippen LogP contribution in [0.5, 0.6) is 0 Å². The summed E-state index contributed by atoms with van der Waals surface area (Å²) in [7, 11) is -3.58. The number of carbonyl (C=O) groups is 1. The van der Waals surface area contributed by atoms with Crippen molar-refractivity contribution in [1.29, 1.82) is 0 Å². The quantitative estimate of drug-likeness (QED) is 0.793. The van der Waals surface area contributed by atoms with Crippen molar-refractivity contribution in [3.05, 3.63) is 57.6 Å². The molecule has 2 aromatic carbocycles. The smallest absolute Gasteiger partial charge is 0.245 e. The molecular weight excluding hydrogens is 404 g/mol. The number of nitrogens with zero attached hydrogens (tertiary/aromatic N) is 1. The molecule has 0 fully saturated rings. The first-order chi connectivity index (χ1) is 11.6. The standard InChI is InChI=1S/C18H21BrN2O3S/c1-12-5-7-16(10-13(12)2)21(25(4,23)24)11-18(22)20-15-6-8-17(19)14(3)9-15/h5-10H,11H2,1-4H3,(H,20,22). The van der Waals surface area contributed by atoms with Crippen LogP contribution in [0.1, 0.15) is 16.7 Å². The zero-order valence-corrected chi connectivity index (χ0v) is 17.0. The van der Waals surface area contributed by atoms with E-state index in [1.165, 1.54) is 0 Å². The summed E-state index contributed by atoms with van der Waals surface area (Å²) in [6, 6.07) is 10.7. The summed E-state index contributed by atoms with van der Waals surface area (Å²) < 4.78 is 26.4. The second kappa shape index (κ2) is 7.58. The average Bonchev–Trinajstić information content (AvgIpc) is 2.50. The van der Waals surface area contributed by atoms with Crippen molar-refractivity contribution in [3.8, 4) is 0 Å². The molecule has 0 aliphatic carbocycles. The Balaban J connectivity index is 2.23. The first-order valence-electron chi connectivity index (χ1n) is 7.69. The summed E-state index contributed by atoms with van der Waals surface area (Å²) in [5.41, 5.74) is 4.11. The van der Waals surface area contributed by atoms with Crippen LogP contribution in [0.25, 0.3) is 0 Å². The maximum atomic E-state index is 12.4. The van der Waals surface area contributed by atoms with Gasteiger partial charge in [0.25, 0.3) is 0 Å². The first-order valence-corrected chi connectivity index (χ1v) is 10.3. The van der Waals surface area contributed by atoms with Crippen LogP contribution in [0.15, 0.2) is 40.9 Å². The van der Waals surface area contributed by atoms with E-state index < -0.39 is 15.9 Å². The highest BCUT2D eigenvalue weighted by Crippen LogP contribution is 2.22. The van der Waals surface area contributed by atoms with Crippen molar-refractivity contribution in [1.82, 2.24) is 0 Å². The SMILES string of the molecule is Cc1ccc(N(CC(=O)Nc2ccc(Br)c(C)c2)S(C)(=O)=O)cc1C. The minimum atomic E-state index is -3.58.